The first-order valence-electron chi connectivity index (χ1n) is 8.18. The molecule has 0 spiro atoms. The van der Waals surface area contributed by atoms with Gasteiger partial charge < -0.3 is 9.64 Å². The number of nitrogens with zero attached hydrogens (tertiary/aromatic N) is 1. The third kappa shape index (κ3) is 3.24. The molecule has 1 amide bonds. The maximum Gasteiger partial charge on any atom is 0.226 e. The van der Waals surface area contributed by atoms with Crippen molar-refractivity contribution < 1.29 is 9.53 Å². The van der Waals surface area contributed by atoms with Gasteiger partial charge >= 0.3 is 0 Å². The van der Waals surface area contributed by atoms with E-state index in [1.54, 1.807) is 7.11 Å². The Labute approximate surface area is 137 Å². The van der Waals surface area contributed by atoms with Crippen molar-refractivity contribution in [1.29, 1.82) is 0 Å². The lowest BCUT2D eigenvalue weighted by Crippen LogP contribution is -2.30. The number of methoxy groups -OCH3 is 1. The molecule has 0 saturated carbocycles. The minimum Gasteiger partial charge on any atom is -0.496 e. The normalized spacial score (nSPS) is 19.0. The van der Waals surface area contributed by atoms with Crippen molar-refractivity contribution >= 4 is 5.91 Å². The van der Waals surface area contributed by atoms with Crippen LogP contribution in [0.3, 0.4) is 0 Å². The Hall–Kier alpha value is -2.29. The Kier molecular flexibility index (Phi) is 4.65. The van der Waals surface area contributed by atoms with Crippen LogP contribution in [-0.4, -0.2) is 24.5 Å². The van der Waals surface area contributed by atoms with E-state index < -0.39 is 0 Å². The van der Waals surface area contributed by atoms with Crippen LogP contribution in [0.2, 0.25) is 0 Å². The third-order valence-corrected chi connectivity index (χ3v) is 4.76. The number of hydrogen-bond acceptors (Lipinski definition) is 2. The summed E-state index contributed by atoms with van der Waals surface area (Å²) in [5.41, 5.74) is 2.31. The predicted molar refractivity (Wildman–Crippen MR) is 91.4 cm³/mol. The summed E-state index contributed by atoms with van der Waals surface area (Å²) in [6.45, 7) is 2.94. The number of hydrogen-bond donors (Lipinski definition) is 0. The molecule has 1 saturated heterocycles. The summed E-state index contributed by atoms with van der Waals surface area (Å²) in [5, 5.41) is 0. The summed E-state index contributed by atoms with van der Waals surface area (Å²) in [6.07, 6.45) is 1.66. The lowest BCUT2D eigenvalue weighted by molar-refractivity contribution is -0.132. The number of benzene rings is 2. The summed E-state index contributed by atoms with van der Waals surface area (Å²) in [6, 6.07) is 18.3. The van der Waals surface area contributed by atoms with Gasteiger partial charge in [0.25, 0.3) is 0 Å². The molecule has 0 unspecified atom stereocenters. The second-order valence-corrected chi connectivity index (χ2v) is 6.12. The van der Waals surface area contributed by atoms with Crippen LogP contribution in [0.4, 0.5) is 0 Å². The van der Waals surface area contributed by atoms with Crippen molar-refractivity contribution in [3.05, 3.63) is 65.7 Å². The summed E-state index contributed by atoms with van der Waals surface area (Å²) in [7, 11) is 1.68. The van der Waals surface area contributed by atoms with Crippen molar-refractivity contribution in [1.82, 2.24) is 4.90 Å². The highest BCUT2D eigenvalue weighted by Crippen LogP contribution is 2.32. The lowest BCUT2D eigenvalue weighted by Gasteiger charge is -2.25. The fraction of sp³-hybridized carbons (Fsp3) is 0.350. The zero-order valence-electron chi connectivity index (χ0n) is 13.7. The van der Waals surface area contributed by atoms with Crippen LogP contribution in [0.1, 0.15) is 30.5 Å². The number of carbonyl (C=O) groups excluding carboxylic acids is 1. The number of rotatable bonds is 5. The molecule has 2 aromatic carbocycles. The van der Waals surface area contributed by atoms with Crippen LogP contribution in [-0.2, 0) is 11.2 Å². The van der Waals surface area contributed by atoms with Gasteiger partial charge in [0.05, 0.1) is 13.2 Å². The second-order valence-electron chi connectivity index (χ2n) is 6.12. The van der Waals surface area contributed by atoms with Crippen molar-refractivity contribution in [2.45, 2.75) is 25.8 Å². The van der Waals surface area contributed by atoms with Crippen molar-refractivity contribution in [2.75, 3.05) is 13.7 Å². The van der Waals surface area contributed by atoms with Gasteiger partial charge in [0.15, 0.2) is 0 Å². The van der Waals surface area contributed by atoms with Crippen LogP contribution >= 0.6 is 0 Å². The molecular weight excluding hydrogens is 286 g/mol. The largest absolute Gasteiger partial charge is 0.496 e. The quantitative estimate of drug-likeness (QED) is 0.839. The Morgan fingerprint density at radius 3 is 2.57 bits per heavy atom. The molecule has 0 N–H and O–H groups in total. The molecule has 3 heteroatoms. The SMILES string of the molecule is COc1ccccc1C[C@@H]1CCN([C@H](C)c2ccccc2)C1=O. The highest BCUT2D eigenvalue weighted by Gasteiger charge is 2.35. The fourth-order valence-electron chi connectivity index (χ4n) is 3.39. The van der Waals surface area contributed by atoms with E-state index in [1.807, 2.05) is 41.3 Å². The Bertz CT molecular complexity index is 668. The van der Waals surface area contributed by atoms with Crippen LogP contribution in [0.5, 0.6) is 5.75 Å². The van der Waals surface area contributed by atoms with Gasteiger partial charge in [0.2, 0.25) is 5.91 Å². The monoisotopic (exact) mass is 309 g/mol. The Morgan fingerprint density at radius 2 is 1.83 bits per heavy atom. The average Bonchev–Trinajstić information content (AvgIpc) is 2.96. The summed E-state index contributed by atoms with van der Waals surface area (Å²) in [5.74, 6) is 1.18. The summed E-state index contributed by atoms with van der Waals surface area (Å²) < 4.78 is 5.41. The molecule has 0 aliphatic carbocycles. The molecule has 0 aromatic heterocycles. The molecule has 1 aliphatic heterocycles. The number of para-hydroxylation sites is 1. The first-order valence-corrected chi connectivity index (χ1v) is 8.18. The zero-order chi connectivity index (χ0) is 16.2. The average molecular weight is 309 g/mol. The molecule has 1 fully saturated rings. The van der Waals surface area contributed by atoms with E-state index in [0.29, 0.717) is 0 Å². The number of carbonyl (C=O) groups is 1. The first-order chi connectivity index (χ1) is 11.2. The molecule has 1 heterocycles. The molecule has 3 nitrogen and oxygen atoms in total. The lowest BCUT2D eigenvalue weighted by atomic mass is 9.97. The zero-order valence-corrected chi connectivity index (χ0v) is 13.7. The molecule has 0 radical (unpaired) electrons. The highest BCUT2D eigenvalue weighted by atomic mass is 16.5. The minimum absolute atomic E-state index is 0.0532. The molecule has 120 valence electrons. The summed E-state index contributed by atoms with van der Waals surface area (Å²) in [4.78, 5) is 14.8. The van der Waals surface area contributed by atoms with Gasteiger partial charge in [-0.25, -0.2) is 0 Å². The van der Waals surface area contributed by atoms with Crippen LogP contribution in [0, 0.1) is 5.92 Å². The van der Waals surface area contributed by atoms with E-state index in [9.17, 15) is 4.79 Å². The molecule has 2 atom stereocenters. The van der Waals surface area contributed by atoms with E-state index in [-0.39, 0.29) is 17.9 Å². The molecular formula is C20H23NO2. The van der Waals surface area contributed by atoms with E-state index in [4.69, 9.17) is 4.74 Å². The van der Waals surface area contributed by atoms with E-state index >= 15 is 0 Å². The molecule has 1 aliphatic rings. The summed E-state index contributed by atoms with van der Waals surface area (Å²) >= 11 is 0. The van der Waals surface area contributed by atoms with Crippen LogP contribution in [0.15, 0.2) is 54.6 Å². The van der Waals surface area contributed by atoms with Gasteiger partial charge in [-0.15, -0.1) is 0 Å². The molecule has 23 heavy (non-hydrogen) atoms. The van der Waals surface area contributed by atoms with Gasteiger partial charge in [-0.3, -0.25) is 4.79 Å². The van der Waals surface area contributed by atoms with Crippen LogP contribution < -0.4 is 4.74 Å². The topological polar surface area (TPSA) is 29.5 Å². The van der Waals surface area contributed by atoms with Gasteiger partial charge in [0.1, 0.15) is 5.75 Å². The molecule has 2 aromatic rings. The first kappa shape index (κ1) is 15.6. The standard InChI is InChI=1S/C20H23NO2/c1-15(16-8-4-3-5-9-16)21-13-12-18(20(21)22)14-17-10-6-7-11-19(17)23-2/h3-11,15,18H,12-14H2,1-2H3/t15-,18+/m1/s1. The molecule has 3 rings (SSSR count). The molecule has 0 bridgehead atoms. The van der Waals surface area contributed by atoms with Gasteiger partial charge in [0, 0.05) is 12.5 Å². The van der Waals surface area contributed by atoms with Gasteiger partial charge in [-0.1, -0.05) is 48.5 Å². The Balaban J connectivity index is 1.72. The van der Waals surface area contributed by atoms with Crippen molar-refractivity contribution in [2.24, 2.45) is 5.92 Å². The third-order valence-electron chi connectivity index (χ3n) is 4.76. The van der Waals surface area contributed by atoms with Crippen molar-refractivity contribution in [3.63, 3.8) is 0 Å². The minimum atomic E-state index is 0.0532. The predicted octanol–water partition coefficient (Wildman–Crippen LogP) is 3.85. The fourth-order valence-corrected chi connectivity index (χ4v) is 3.39. The number of likely N-dealkylation sites (tertiary alicyclic amines) is 1. The smallest absolute Gasteiger partial charge is 0.226 e. The van der Waals surface area contributed by atoms with Crippen LogP contribution in [0.25, 0.3) is 0 Å². The van der Waals surface area contributed by atoms with Gasteiger partial charge in [-0.2, -0.15) is 0 Å². The number of ether oxygens (including phenoxy) is 1. The number of amides is 1. The van der Waals surface area contributed by atoms with E-state index in [1.165, 1.54) is 5.56 Å². The highest BCUT2D eigenvalue weighted by molar-refractivity contribution is 5.81. The Morgan fingerprint density at radius 1 is 1.13 bits per heavy atom. The maximum absolute atomic E-state index is 12.8. The van der Waals surface area contributed by atoms with E-state index in [2.05, 4.69) is 25.1 Å². The maximum atomic E-state index is 12.8. The van der Waals surface area contributed by atoms with Gasteiger partial charge in [-0.05, 0) is 37.0 Å². The van der Waals surface area contributed by atoms with E-state index in [0.717, 1.165) is 30.7 Å². The van der Waals surface area contributed by atoms with Crippen molar-refractivity contribution in [3.8, 4) is 5.75 Å². The second kappa shape index (κ2) is 6.86.